The van der Waals surface area contributed by atoms with Crippen molar-refractivity contribution in [3.05, 3.63) is 28.8 Å². The molecular weight excluding hydrogens is 258 g/mol. The van der Waals surface area contributed by atoms with Crippen molar-refractivity contribution in [3.63, 3.8) is 0 Å². The van der Waals surface area contributed by atoms with Crippen LogP contribution in [-0.2, 0) is 0 Å². The quantitative estimate of drug-likeness (QED) is 0.738. The van der Waals surface area contributed by atoms with E-state index in [0.717, 1.165) is 29.7 Å². The number of hydrogen-bond donors (Lipinski definition) is 1. The molecule has 1 aromatic rings. The second kappa shape index (κ2) is 8.44. The monoisotopic (exact) mass is 283 g/mol. The Bertz CT molecular complexity index is 377. The Kier molecular flexibility index (Phi) is 7.25. The number of rotatable bonds is 8. The molecule has 0 spiro atoms. The van der Waals surface area contributed by atoms with Gasteiger partial charge in [-0.25, -0.2) is 0 Å². The number of hydrogen-bond acceptors (Lipinski definition) is 2. The van der Waals surface area contributed by atoms with Gasteiger partial charge in [-0.1, -0.05) is 51.3 Å². The highest BCUT2D eigenvalue weighted by Crippen LogP contribution is 2.33. The molecule has 1 N–H and O–H groups in total. The molecule has 2 nitrogen and oxygen atoms in total. The normalized spacial score (nSPS) is 12.7. The third-order valence-electron chi connectivity index (χ3n) is 3.75. The fourth-order valence-corrected chi connectivity index (χ4v) is 2.66. The van der Waals surface area contributed by atoms with E-state index in [-0.39, 0.29) is 0 Å². The number of ether oxygens (including phenoxy) is 1. The van der Waals surface area contributed by atoms with Crippen LogP contribution in [0.4, 0.5) is 0 Å². The van der Waals surface area contributed by atoms with Crippen LogP contribution in [0.25, 0.3) is 0 Å². The van der Waals surface area contributed by atoms with E-state index in [0.29, 0.717) is 6.04 Å². The number of methoxy groups -OCH3 is 1. The minimum absolute atomic E-state index is 0.335. The van der Waals surface area contributed by atoms with Crippen LogP contribution in [0.15, 0.2) is 18.2 Å². The summed E-state index contributed by atoms with van der Waals surface area (Å²) in [6, 6.07) is 6.25. The predicted octanol–water partition coefficient (Wildman–Crippen LogP) is 4.83. The van der Waals surface area contributed by atoms with Crippen LogP contribution in [0.5, 0.6) is 5.75 Å². The molecule has 0 radical (unpaired) electrons. The van der Waals surface area contributed by atoms with Crippen molar-refractivity contribution in [1.29, 1.82) is 0 Å². The third kappa shape index (κ3) is 4.70. The van der Waals surface area contributed by atoms with E-state index < -0.39 is 0 Å². The van der Waals surface area contributed by atoms with E-state index in [1.54, 1.807) is 7.11 Å². The zero-order chi connectivity index (χ0) is 14.3. The topological polar surface area (TPSA) is 21.3 Å². The van der Waals surface area contributed by atoms with Crippen molar-refractivity contribution in [2.24, 2.45) is 5.92 Å². The summed E-state index contributed by atoms with van der Waals surface area (Å²) in [4.78, 5) is 0. The molecule has 108 valence electrons. The molecule has 0 aliphatic rings. The van der Waals surface area contributed by atoms with Gasteiger partial charge < -0.3 is 10.1 Å². The maximum absolute atomic E-state index is 6.04. The minimum Gasteiger partial charge on any atom is -0.496 e. The molecule has 0 saturated heterocycles. The van der Waals surface area contributed by atoms with E-state index in [1.807, 2.05) is 12.1 Å². The fourth-order valence-electron chi connectivity index (χ4n) is 2.49. The Hall–Kier alpha value is -0.730. The first-order chi connectivity index (χ1) is 9.15. The van der Waals surface area contributed by atoms with Crippen LogP contribution in [-0.4, -0.2) is 13.7 Å². The maximum atomic E-state index is 6.04. The van der Waals surface area contributed by atoms with Crippen LogP contribution in [0.1, 0.15) is 51.6 Å². The van der Waals surface area contributed by atoms with Gasteiger partial charge in [0.1, 0.15) is 5.75 Å². The summed E-state index contributed by atoms with van der Waals surface area (Å²) < 4.78 is 5.48. The maximum Gasteiger partial charge on any atom is 0.125 e. The minimum atomic E-state index is 0.335. The highest BCUT2D eigenvalue weighted by molar-refractivity contribution is 6.30. The number of halogens is 1. The Morgan fingerprint density at radius 3 is 2.42 bits per heavy atom. The Morgan fingerprint density at radius 1 is 1.21 bits per heavy atom. The van der Waals surface area contributed by atoms with Gasteiger partial charge in [0, 0.05) is 16.6 Å². The SMILES string of the molecule is CCNC(CC(CC)CC)c1ccc(Cl)cc1OC. The lowest BCUT2D eigenvalue weighted by molar-refractivity contribution is 0.356. The van der Waals surface area contributed by atoms with Crippen LogP contribution < -0.4 is 10.1 Å². The second-order valence-corrected chi connectivity index (χ2v) is 5.35. The average Bonchev–Trinajstić information content (AvgIpc) is 2.43. The molecule has 0 bridgehead atoms. The standard InChI is InChI=1S/C16H26ClNO/c1-5-12(6-2)10-15(18-7-3)14-9-8-13(17)11-16(14)19-4/h8-9,11-12,15,18H,5-7,10H2,1-4H3. The molecule has 19 heavy (non-hydrogen) atoms. The van der Waals surface area contributed by atoms with E-state index in [2.05, 4.69) is 32.2 Å². The number of nitrogens with one attached hydrogen (secondary N) is 1. The molecule has 0 saturated carbocycles. The van der Waals surface area contributed by atoms with Crippen molar-refractivity contribution in [1.82, 2.24) is 5.32 Å². The first kappa shape index (κ1) is 16.3. The van der Waals surface area contributed by atoms with Gasteiger partial charge in [0.25, 0.3) is 0 Å². The van der Waals surface area contributed by atoms with Crippen molar-refractivity contribution in [2.75, 3.05) is 13.7 Å². The van der Waals surface area contributed by atoms with Gasteiger partial charge in [-0.05, 0) is 31.0 Å². The predicted molar refractivity (Wildman–Crippen MR) is 83.1 cm³/mol. The third-order valence-corrected chi connectivity index (χ3v) is 3.98. The van der Waals surface area contributed by atoms with Crippen molar-refractivity contribution < 1.29 is 4.74 Å². The van der Waals surface area contributed by atoms with Crippen molar-refractivity contribution in [2.45, 2.75) is 46.1 Å². The molecule has 0 aliphatic carbocycles. The molecule has 0 aromatic heterocycles. The molecule has 1 atom stereocenters. The van der Waals surface area contributed by atoms with E-state index >= 15 is 0 Å². The fraction of sp³-hybridized carbons (Fsp3) is 0.625. The lowest BCUT2D eigenvalue weighted by Gasteiger charge is -2.24. The van der Waals surface area contributed by atoms with Gasteiger partial charge in [-0.2, -0.15) is 0 Å². The molecule has 0 amide bonds. The van der Waals surface area contributed by atoms with Gasteiger partial charge in [0.05, 0.1) is 7.11 Å². The van der Waals surface area contributed by atoms with Crippen LogP contribution in [0.2, 0.25) is 5.02 Å². The second-order valence-electron chi connectivity index (χ2n) is 4.91. The summed E-state index contributed by atoms with van der Waals surface area (Å²) in [5, 5.41) is 4.29. The van der Waals surface area contributed by atoms with Gasteiger partial charge in [0.2, 0.25) is 0 Å². The Labute approximate surface area is 122 Å². The first-order valence-electron chi connectivity index (χ1n) is 7.22. The lowest BCUT2D eigenvalue weighted by Crippen LogP contribution is -2.24. The summed E-state index contributed by atoms with van der Waals surface area (Å²) in [5.74, 6) is 1.62. The largest absolute Gasteiger partial charge is 0.496 e. The number of benzene rings is 1. The van der Waals surface area contributed by atoms with Crippen molar-refractivity contribution in [3.8, 4) is 5.75 Å². The summed E-state index contributed by atoms with van der Waals surface area (Å²) in [6.45, 7) is 7.62. The molecule has 1 rings (SSSR count). The van der Waals surface area contributed by atoms with Crippen LogP contribution in [0.3, 0.4) is 0 Å². The van der Waals surface area contributed by atoms with Gasteiger partial charge in [0.15, 0.2) is 0 Å². The first-order valence-corrected chi connectivity index (χ1v) is 7.60. The molecule has 1 unspecified atom stereocenters. The zero-order valence-corrected chi connectivity index (χ0v) is 13.3. The molecule has 3 heteroatoms. The molecule has 0 fully saturated rings. The summed E-state index contributed by atoms with van der Waals surface area (Å²) in [5.41, 5.74) is 1.21. The van der Waals surface area contributed by atoms with E-state index in [1.165, 1.54) is 18.4 Å². The van der Waals surface area contributed by atoms with E-state index in [4.69, 9.17) is 16.3 Å². The average molecular weight is 284 g/mol. The van der Waals surface area contributed by atoms with Gasteiger partial charge >= 0.3 is 0 Å². The summed E-state index contributed by atoms with van der Waals surface area (Å²) in [6.07, 6.45) is 3.57. The van der Waals surface area contributed by atoms with Crippen LogP contribution in [0, 0.1) is 5.92 Å². The Morgan fingerprint density at radius 2 is 1.89 bits per heavy atom. The smallest absolute Gasteiger partial charge is 0.125 e. The summed E-state index contributed by atoms with van der Waals surface area (Å²) in [7, 11) is 1.70. The molecular formula is C16H26ClNO. The highest BCUT2D eigenvalue weighted by Gasteiger charge is 2.19. The molecule has 1 aromatic carbocycles. The van der Waals surface area contributed by atoms with E-state index in [9.17, 15) is 0 Å². The molecule has 0 aliphatic heterocycles. The van der Waals surface area contributed by atoms with Gasteiger partial charge in [-0.3, -0.25) is 0 Å². The highest BCUT2D eigenvalue weighted by atomic mass is 35.5. The zero-order valence-electron chi connectivity index (χ0n) is 12.5. The summed E-state index contributed by atoms with van der Waals surface area (Å²) >= 11 is 6.04. The lowest BCUT2D eigenvalue weighted by atomic mass is 9.90. The van der Waals surface area contributed by atoms with Crippen LogP contribution >= 0.6 is 11.6 Å². The van der Waals surface area contributed by atoms with Crippen molar-refractivity contribution >= 4 is 11.6 Å². The Balaban J connectivity index is 2.97. The molecule has 0 heterocycles. The van der Waals surface area contributed by atoms with Gasteiger partial charge in [-0.15, -0.1) is 0 Å².